The maximum absolute atomic E-state index is 6.25. The number of nitrogens with two attached hydrogens (primary N) is 1. The zero-order chi connectivity index (χ0) is 13.5. The molecule has 100 valence electrons. The molecular weight excluding hydrogens is 246 g/mol. The van der Waals surface area contributed by atoms with E-state index >= 15 is 0 Å². The minimum absolute atomic E-state index is 0.719. The van der Waals surface area contributed by atoms with Gasteiger partial charge in [0.25, 0.3) is 0 Å². The van der Waals surface area contributed by atoms with Gasteiger partial charge in [0.05, 0.1) is 0 Å². The molecule has 1 aliphatic rings. The van der Waals surface area contributed by atoms with Gasteiger partial charge in [-0.1, -0.05) is 18.2 Å². The molecule has 3 nitrogen and oxygen atoms in total. The van der Waals surface area contributed by atoms with Crippen molar-refractivity contribution < 1.29 is 0 Å². The topological polar surface area (TPSA) is 43.3 Å². The highest BCUT2D eigenvalue weighted by molar-refractivity contribution is 5.75. The number of fused-ring (bicyclic) bond motifs is 2. The van der Waals surface area contributed by atoms with Crippen LogP contribution in [0.3, 0.4) is 0 Å². The fraction of sp³-hybridized carbons (Fsp3) is 0.235. The van der Waals surface area contributed by atoms with Crippen molar-refractivity contribution in [2.75, 3.05) is 5.73 Å². The van der Waals surface area contributed by atoms with Gasteiger partial charge in [-0.25, -0.2) is 4.98 Å². The van der Waals surface area contributed by atoms with Gasteiger partial charge in [0.15, 0.2) is 0 Å². The van der Waals surface area contributed by atoms with E-state index in [4.69, 9.17) is 5.73 Å². The largest absolute Gasteiger partial charge is 0.383 e. The molecule has 1 aromatic carbocycles. The number of aromatic nitrogens is 2. The van der Waals surface area contributed by atoms with Crippen LogP contribution in [0, 0.1) is 0 Å². The molecule has 0 spiro atoms. The highest BCUT2D eigenvalue weighted by atomic mass is 15.1. The molecule has 0 atom stereocenters. The maximum Gasteiger partial charge on any atom is 0.139 e. The molecule has 0 unspecified atom stereocenters. The van der Waals surface area contributed by atoms with Crippen molar-refractivity contribution >= 4 is 11.5 Å². The summed E-state index contributed by atoms with van der Waals surface area (Å²) in [5.74, 6) is 0.719. The zero-order valence-electron chi connectivity index (χ0n) is 11.3. The fourth-order valence-electron chi connectivity index (χ4n) is 3.11. The summed E-state index contributed by atoms with van der Waals surface area (Å²) in [6.07, 6.45) is 6.94. The van der Waals surface area contributed by atoms with Gasteiger partial charge < -0.3 is 5.73 Å². The van der Waals surface area contributed by atoms with E-state index in [1.807, 2.05) is 28.8 Å². The fourth-order valence-corrected chi connectivity index (χ4v) is 3.11. The standard InChI is InChI=1S/C17H17N3/c18-17-16(19-15-7-3-4-10-20(15)17)14-9-8-12-5-1-2-6-13(12)11-14/h3-4,7-11H,1-2,5-6,18H2. The second-order valence-corrected chi connectivity index (χ2v) is 5.47. The number of nitrogens with zero attached hydrogens (tertiary/aromatic N) is 2. The Kier molecular flexibility index (Phi) is 2.52. The van der Waals surface area contributed by atoms with Gasteiger partial charge in [-0.3, -0.25) is 4.40 Å². The third-order valence-corrected chi connectivity index (χ3v) is 4.19. The van der Waals surface area contributed by atoms with Gasteiger partial charge in [-0.2, -0.15) is 0 Å². The van der Waals surface area contributed by atoms with E-state index in [9.17, 15) is 0 Å². The predicted octanol–water partition coefficient (Wildman–Crippen LogP) is 3.46. The van der Waals surface area contributed by atoms with E-state index in [1.54, 1.807) is 0 Å². The van der Waals surface area contributed by atoms with Crippen molar-refractivity contribution in [3.05, 3.63) is 53.7 Å². The van der Waals surface area contributed by atoms with Crippen molar-refractivity contribution in [2.24, 2.45) is 0 Å². The van der Waals surface area contributed by atoms with Crippen molar-refractivity contribution in [3.8, 4) is 11.3 Å². The summed E-state index contributed by atoms with van der Waals surface area (Å²) in [6.45, 7) is 0. The summed E-state index contributed by atoms with van der Waals surface area (Å²) in [6, 6.07) is 12.6. The average Bonchev–Trinajstić information content (AvgIpc) is 2.84. The van der Waals surface area contributed by atoms with E-state index in [0.717, 1.165) is 22.7 Å². The van der Waals surface area contributed by atoms with Crippen molar-refractivity contribution in [2.45, 2.75) is 25.7 Å². The van der Waals surface area contributed by atoms with Crippen LogP contribution in [0.1, 0.15) is 24.0 Å². The number of anilines is 1. The predicted molar refractivity (Wildman–Crippen MR) is 81.7 cm³/mol. The van der Waals surface area contributed by atoms with Gasteiger partial charge in [0, 0.05) is 11.8 Å². The van der Waals surface area contributed by atoms with E-state index in [1.165, 1.54) is 36.8 Å². The van der Waals surface area contributed by atoms with Gasteiger partial charge in [0.1, 0.15) is 17.2 Å². The molecular formula is C17H17N3. The van der Waals surface area contributed by atoms with Gasteiger partial charge in [0.2, 0.25) is 0 Å². The molecule has 0 aliphatic heterocycles. The molecule has 3 aromatic rings. The average molecular weight is 263 g/mol. The first-order chi connectivity index (χ1) is 9.83. The highest BCUT2D eigenvalue weighted by Crippen LogP contribution is 2.30. The van der Waals surface area contributed by atoms with E-state index < -0.39 is 0 Å². The Morgan fingerprint density at radius 1 is 1.00 bits per heavy atom. The molecule has 2 heterocycles. The minimum atomic E-state index is 0.719. The quantitative estimate of drug-likeness (QED) is 0.730. The van der Waals surface area contributed by atoms with Crippen LogP contribution < -0.4 is 5.73 Å². The Morgan fingerprint density at radius 2 is 1.85 bits per heavy atom. The third-order valence-electron chi connectivity index (χ3n) is 4.19. The van der Waals surface area contributed by atoms with Crippen LogP contribution in [0.2, 0.25) is 0 Å². The Morgan fingerprint density at radius 3 is 2.70 bits per heavy atom. The molecule has 0 bridgehead atoms. The van der Waals surface area contributed by atoms with Gasteiger partial charge >= 0.3 is 0 Å². The van der Waals surface area contributed by atoms with Crippen LogP contribution in [-0.4, -0.2) is 9.38 Å². The number of rotatable bonds is 1. The second kappa shape index (κ2) is 4.37. The van der Waals surface area contributed by atoms with Gasteiger partial charge in [-0.05, 0) is 55.0 Å². The Balaban J connectivity index is 1.88. The first-order valence-corrected chi connectivity index (χ1v) is 7.18. The lowest BCUT2D eigenvalue weighted by Crippen LogP contribution is -2.02. The monoisotopic (exact) mass is 263 g/mol. The smallest absolute Gasteiger partial charge is 0.139 e. The molecule has 2 aromatic heterocycles. The lowest BCUT2D eigenvalue weighted by atomic mass is 9.90. The molecule has 0 saturated carbocycles. The normalized spacial score (nSPS) is 14.4. The SMILES string of the molecule is Nc1c(-c2ccc3c(c2)CCCC3)nc2ccccn12. The zero-order valence-corrected chi connectivity index (χ0v) is 11.3. The third kappa shape index (κ3) is 1.70. The molecule has 4 rings (SSSR count). The second-order valence-electron chi connectivity index (χ2n) is 5.47. The molecule has 1 aliphatic carbocycles. The summed E-state index contributed by atoms with van der Waals surface area (Å²) in [5.41, 5.74) is 12.1. The summed E-state index contributed by atoms with van der Waals surface area (Å²) in [5, 5.41) is 0. The molecule has 2 N–H and O–H groups in total. The first kappa shape index (κ1) is 11.5. The lowest BCUT2D eigenvalue weighted by molar-refractivity contribution is 0.686. The number of pyridine rings is 1. The van der Waals surface area contributed by atoms with Crippen molar-refractivity contribution in [3.63, 3.8) is 0 Å². The Labute approximate surface area is 118 Å². The molecule has 3 heteroatoms. The van der Waals surface area contributed by atoms with Crippen LogP contribution in [0.4, 0.5) is 5.82 Å². The van der Waals surface area contributed by atoms with E-state index in [0.29, 0.717) is 0 Å². The number of nitrogen functional groups attached to an aromatic ring is 1. The van der Waals surface area contributed by atoms with E-state index in [2.05, 4.69) is 23.2 Å². The Hall–Kier alpha value is -2.29. The summed E-state index contributed by atoms with van der Waals surface area (Å²) in [7, 11) is 0. The minimum Gasteiger partial charge on any atom is -0.383 e. The van der Waals surface area contributed by atoms with Crippen LogP contribution in [0.5, 0.6) is 0 Å². The van der Waals surface area contributed by atoms with Crippen LogP contribution >= 0.6 is 0 Å². The molecule has 0 radical (unpaired) electrons. The molecule has 20 heavy (non-hydrogen) atoms. The van der Waals surface area contributed by atoms with Crippen LogP contribution in [0.25, 0.3) is 16.9 Å². The van der Waals surface area contributed by atoms with E-state index in [-0.39, 0.29) is 0 Å². The number of hydrogen-bond acceptors (Lipinski definition) is 2. The maximum atomic E-state index is 6.25. The summed E-state index contributed by atoms with van der Waals surface area (Å²) >= 11 is 0. The van der Waals surface area contributed by atoms with Crippen LogP contribution in [0.15, 0.2) is 42.6 Å². The van der Waals surface area contributed by atoms with Crippen LogP contribution in [-0.2, 0) is 12.8 Å². The lowest BCUT2D eigenvalue weighted by Gasteiger charge is -2.16. The first-order valence-electron chi connectivity index (χ1n) is 7.18. The van der Waals surface area contributed by atoms with Crippen molar-refractivity contribution in [1.82, 2.24) is 9.38 Å². The number of benzene rings is 1. The Bertz CT molecular complexity index is 786. The molecule has 0 saturated heterocycles. The summed E-state index contributed by atoms with van der Waals surface area (Å²) < 4.78 is 1.94. The van der Waals surface area contributed by atoms with Crippen molar-refractivity contribution in [1.29, 1.82) is 0 Å². The number of imidazole rings is 1. The molecule has 0 amide bonds. The highest BCUT2D eigenvalue weighted by Gasteiger charge is 2.14. The summed E-state index contributed by atoms with van der Waals surface area (Å²) in [4.78, 5) is 4.67. The molecule has 0 fully saturated rings. The number of hydrogen-bond donors (Lipinski definition) is 1. The van der Waals surface area contributed by atoms with Gasteiger partial charge in [-0.15, -0.1) is 0 Å². The number of aryl methyl sites for hydroxylation is 2.